The molecule has 1 aromatic rings. The zero-order valence-corrected chi connectivity index (χ0v) is 12.9. The molecule has 1 amide bonds. The Balaban J connectivity index is 1.85. The second kappa shape index (κ2) is 4.95. The van der Waals surface area contributed by atoms with Gasteiger partial charge in [-0.25, -0.2) is 13.1 Å². The molecule has 1 heterocycles. The molecule has 6 nitrogen and oxygen atoms in total. The Labute approximate surface area is 128 Å². The quantitative estimate of drug-likeness (QED) is 0.766. The number of carbonyl (C=O) groups is 1. The maximum Gasteiger partial charge on any atom is 0.242 e. The van der Waals surface area contributed by atoms with Gasteiger partial charge >= 0.3 is 0 Å². The molecule has 0 radical (unpaired) electrons. The van der Waals surface area contributed by atoms with E-state index in [4.69, 9.17) is 17.3 Å². The molecule has 1 fully saturated rings. The minimum Gasteiger partial charge on any atom is -0.325 e. The van der Waals surface area contributed by atoms with E-state index in [1.54, 1.807) is 0 Å². The van der Waals surface area contributed by atoms with E-state index in [2.05, 4.69) is 10.0 Å². The molecule has 21 heavy (non-hydrogen) atoms. The highest BCUT2D eigenvalue weighted by atomic mass is 35.5. The van der Waals surface area contributed by atoms with Gasteiger partial charge in [0.2, 0.25) is 15.9 Å². The van der Waals surface area contributed by atoms with Crippen LogP contribution in [0.4, 0.5) is 5.69 Å². The standard InChI is InChI=1S/C13H16ClN3O3S/c14-9-6-10-8(5-12(18)17-10)4-11(9)21(19,20)16-7-13(15)2-1-3-13/h4,6,16H,1-3,5,7,15H2,(H,17,18). The minimum absolute atomic E-state index is 0.0117. The van der Waals surface area contributed by atoms with Gasteiger partial charge in [-0.15, -0.1) is 0 Å². The lowest BCUT2D eigenvalue weighted by Crippen LogP contribution is -2.54. The summed E-state index contributed by atoms with van der Waals surface area (Å²) in [5.74, 6) is -0.168. The highest BCUT2D eigenvalue weighted by Crippen LogP contribution is 2.33. The summed E-state index contributed by atoms with van der Waals surface area (Å²) in [5, 5.41) is 2.72. The summed E-state index contributed by atoms with van der Waals surface area (Å²) in [4.78, 5) is 11.3. The molecule has 0 unspecified atom stereocenters. The van der Waals surface area contributed by atoms with Crippen molar-refractivity contribution in [3.63, 3.8) is 0 Å². The van der Waals surface area contributed by atoms with Crippen molar-refractivity contribution in [3.05, 3.63) is 22.7 Å². The number of carbonyl (C=O) groups excluding carboxylic acids is 1. The minimum atomic E-state index is -3.74. The molecule has 0 aromatic heterocycles. The van der Waals surface area contributed by atoms with Crippen LogP contribution in [0.15, 0.2) is 17.0 Å². The van der Waals surface area contributed by atoms with Crippen LogP contribution in [0.3, 0.4) is 0 Å². The first-order valence-electron chi connectivity index (χ1n) is 6.70. The van der Waals surface area contributed by atoms with Crippen molar-refractivity contribution in [3.8, 4) is 0 Å². The zero-order chi connectivity index (χ0) is 15.3. The smallest absolute Gasteiger partial charge is 0.242 e. The van der Waals surface area contributed by atoms with Crippen molar-refractivity contribution < 1.29 is 13.2 Å². The van der Waals surface area contributed by atoms with Crippen LogP contribution in [0.5, 0.6) is 0 Å². The van der Waals surface area contributed by atoms with Crippen LogP contribution < -0.4 is 15.8 Å². The van der Waals surface area contributed by atoms with Gasteiger partial charge in [0.05, 0.1) is 11.4 Å². The molecule has 4 N–H and O–H groups in total. The molecule has 8 heteroatoms. The first-order chi connectivity index (χ1) is 9.79. The summed E-state index contributed by atoms with van der Waals surface area (Å²) in [6.07, 6.45) is 2.80. The van der Waals surface area contributed by atoms with Crippen molar-refractivity contribution in [2.45, 2.75) is 36.1 Å². The maximum atomic E-state index is 12.4. The predicted molar refractivity (Wildman–Crippen MR) is 79.7 cm³/mol. The van der Waals surface area contributed by atoms with E-state index >= 15 is 0 Å². The average Bonchev–Trinajstić information content (AvgIpc) is 2.72. The first kappa shape index (κ1) is 14.8. The molecule has 0 saturated heterocycles. The Kier molecular flexibility index (Phi) is 3.48. The normalized spacial score (nSPS) is 19.8. The molecule has 1 aromatic carbocycles. The fraction of sp³-hybridized carbons (Fsp3) is 0.462. The molecule has 114 valence electrons. The molecule has 1 aliphatic carbocycles. The maximum absolute atomic E-state index is 12.4. The molecule has 0 spiro atoms. The number of anilines is 1. The lowest BCUT2D eigenvalue weighted by atomic mass is 9.78. The van der Waals surface area contributed by atoms with E-state index in [1.165, 1.54) is 12.1 Å². The van der Waals surface area contributed by atoms with E-state index in [-0.39, 0.29) is 28.8 Å². The molecule has 1 aliphatic heterocycles. The highest BCUT2D eigenvalue weighted by Gasteiger charge is 2.34. The van der Waals surface area contributed by atoms with Gasteiger partial charge in [0.25, 0.3) is 0 Å². The third-order valence-corrected chi connectivity index (χ3v) is 5.90. The number of fused-ring (bicyclic) bond motifs is 1. The summed E-state index contributed by atoms with van der Waals surface area (Å²) >= 11 is 6.04. The number of rotatable bonds is 4. The van der Waals surface area contributed by atoms with Crippen LogP contribution >= 0.6 is 11.6 Å². The summed E-state index contributed by atoms with van der Waals surface area (Å²) in [6.45, 7) is 0.194. The Hall–Kier alpha value is -1.15. The number of nitrogens with one attached hydrogen (secondary N) is 2. The van der Waals surface area contributed by atoms with Crippen molar-refractivity contribution >= 4 is 33.2 Å². The SMILES string of the molecule is NC1(CNS(=O)(=O)c2cc3c(cc2Cl)NC(=O)C3)CCC1. The number of sulfonamides is 1. The Morgan fingerprint density at radius 3 is 2.71 bits per heavy atom. The van der Waals surface area contributed by atoms with Gasteiger partial charge in [0.1, 0.15) is 4.90 Å². The zero-order valence-electron chi connectivity index (χ0n) is 11.3. The van der Waals surface area contributed by atoms with E-state index < -0.39 is 15.6 Å². The first-order valence-corrected chi connectivity index (χ1v) is 8.56. The molecular weight excluding hydrogens is 314 g/mol. The number of hydrogen-bond acceptors (Lipinski definition) is 4. The number of halogens is 1. The van der Waals surface area contributed by atoms with E-state index in [0.717, 1.165) is 19.3 Å². The largest absolute Gasteiger partial charge is 0.325 e. The van der Waals surface area contributed by atoms with Gasteiger partial charge in [-0.1, -0.05) is 11.6 Å². The molecule has 0 atom stereocenters. The van der Waals surface area contributed by atoms with Crippen LogP contribution in [0.2, 0.25) is 5.02 Å². The Morgan fingerprint density at radius 1 is 1.38 bits per heavy atom. The van der Waals surface area contributed by atoms with Gasteiger partial charge < -0.3 is 11.1 Å². The van der Waals surface area contributed by atoms with Crippen molar-refractivity contribution in [1.29, 1.82) is 0 Å². The third kappa shape index (κ3) is 2.78. The van der Waals surface area contributed by atoms with Crippen LogP contribution in [0.1, 0.15) is 24.8 Å². The van der Waals surface area contributed by atoms with Crippen LogP contribution in [-0.4, -0.2) is 26.4 Å². The monoisotopic (exact) mass is 329 g/mol. The highest BCUT2D eigenvalue weighted by molar-refractivity contribution is 7.89. The Morgan fingerprint density at radius 2 is 2.10 bits per heavy atom. The fourth-order valence-electron chi connectivity index (χ4n) is 2.56. The van der Waals surface area contributed by atoms with E-state index in [9.17, 15) is 13.2 Å². The number of nitrogens with two attached hydrogens (primary N) is 1. The molecule has 1 saturated carbocycles. The molecular formula is C13H16ClN3O3S. The van der Waals surface area contributed by atoms with Gasteiger partial charge in [-0.3, -0.25) is 4.79 Å². The topological polar surface area (TPSA) is 101 Å². The second-order valence-electron chi connectivity index (χ2n) is 5.71. The molecule has 2 aliphatic rings. The molecule has 3 rings (SSSR count). The van der Waals surface area contributed by atoms with Crippen LogP contribution in [-0.2, 0) is 21.2 Å². The van der Waals surface area contributed by atoms with E-state index in [1.807, 2.05) is 0 Å². The summed E-state index contributed by atoms with van der Waals surface area (Å²) in [5.41, 5.74) is 6.77. The van der Waals surface area contributed by atoms with Gasteiger partial charge in [-0.2, -0.15) is 0 Å². The Bertz CT molecular complexity index is 714. The van der Waals surface area contributed by atoms with Crippen molar-refractivity contribution in [1.82, 2.24) is 4.72 Å². The number of amides is 1. The number of benzene rings is 1. The summed E-state index contributed by atoms with van der Waals surface area (Å²) < 4.78 is 27.2. The van der Waals surface area contributed by atoms with Gasteiger partial charge in [0, 0.05) is 17.8 Å². The predicted octanol–water partition coefficient (Wildman–Crippen LogP) is 0.994. The second-order valence-corrected chi connectivity index (χ2v) is 7.85. The fourth-order valence-corrected chi connectivity index (χ4v) is 4.27. The number of hydrogen-bond donors (Lipinski definition) is 3. The van der Waals surface area contributed by atoms with Gasteiger partial charge in [0.15, 0.2) is 0 Å². The van der Waals surface area contributed by atoms with Crippen LogP contribution in [0.25, 0.3) is 0 Å². The lowest BCUT2D eigenvalue weighted by molar-refractivity contribution is -0.115. The van der Waals surface area contributed by atoms with E-state index in [0.29, 0.717) is 11.3 Å². The average molecular weight is 330 g/mol. The lowest BCUT2D eigenvalue weighted by Gasteiger charge is -2.38. The van der Waals surface area contributed by atoms with Crippen molar-refractivity contribution in [2.24, 2.45) is 5.73 Å². The molecule has 0 bridgehead atoms. The third-order valence-electron chi connectivity index (χ3n) is 4.04. The van der Waals surface area contributed by atoms with Gasteiger partial charge in [-0.05, 0) is 37.0 Å². The summed E-state index contributed by atoms with van der Waals surface area (Å²) in [7, 11) is -3.74. The summed E-state index contributed by atoms with van der Waals surface area (Å²) in [6, 6.07) is 2.92. The van der Waals surface area contributed by atoms with Crippen LogP contribution in [0, 0.1) is 0 Å². The van der Waals surface area contributed by atoms with Crippen molar-refractivity contribution in [2.75, 3.05) is 11.9 Å².